The summed E-state index contributed by atoms with van der Waals surface area (Å²) in [4.78, 5) is 13.0. The van der Waals surface area contributed by atoms with E-state index < -0.39 is 17.7 Å². The molecule has 1 N–H and O–H groups in total. The molecule has 21 heavy (non-hydrogen) atoms. The van der Waals surface area contributed by atoms with Crippen LogP contribution in [0.4, 0.5) is 13.2 Å². The molecule has 116 valence electrons. The number of benzene rings is 1. The van der Waals surface area contributed by atoms with Gasteiger partial charge in [0.15, 0.2) is 0 Å². The van der Waals surface area contributed by atoms with Crippen LogP contribution in [-0.2, 0) is 4.79 Å². The number of likely N-dealkylation sites (N-methyl/N-ethyl adjacent to an activating group) is 1. The molecule has 0 radical (unpaired) electrons. The van der Waals surface area contributed by atoms with E-state index in [0.717, 1.165) is 11.0 Å². The largest absolute Gasteiger partial charge is 0.421 e. The molecule has 1 rings (SSSR count). The Morgan fingerprint density at radius 3 is 2.38 bits per heavy atom. The number of amides is 1. The van der Waals surface area contributed by atoms with E-state index in [0.29, 0.717) is 18.4 Å². The first-order valence-corrected chi connectivity index (χ1v) is 6.56. The number of alkyl halides is 3. The fraction of sp³-hybridized carbons (Fsp3) is 0.400. The lowest BCUT2D eigenvalue weighted by Gasteiger charge is -2.20. The number of rotatable bonds is 6. The summed E-state index contributed by atoms with van der Waals surface area (Å²) in [6, 6.07) is 7.91. The summed E-state index contributed by atoms with van der Waals surface area (Å²) >= 11 is 0. The first-order valence-electron chi connectivity index (χ1n) is 6.56. The van der Waals surface area contributed by atoms with Gasteiger partial charge >= 0.3 is 6.18 Å². The monoisotopic (exact) mass is 301 g/mol. The van der Waals surface area contributed by atoms with Crippen LogP contribution in [0.3, 0.4) is 0 Å². The van der Waals surface area contributed by atoms with Crippen molar-refractivity contribution in [2.24, 2.45) is 0 Å². The smallest absolute Gasteiger partial charge is 0.396 e. The topological polar surface area (TPSA) is 40.5 Å². The Hall–Kier alpha value is -1.82. The molecule has 0 heterocycles. The van der Waals surface area contributed by atoms with E-state index in [1.165, 1.54) is 19.2 Å². The van der Waals surface area contributed by atoms with Gasteiger partial charge in [0.2, 0.25) is 0 Å². The van der Waals surface area contributed by atoms with Crippen LogP contribution < -0.4 is 0 Å². The zero-order valence-electron chi connectivity index (χ0n) is 11.7. The molecule has 1 aromatic carbocycles. The number of nitrogens with zero attached hydrogens (tertiary/aromatic N) is 1. The van der Waals surface area contributed by atoms with E-state index in [1.807, 2.05) is 0 Å². The van der Waals surface area contributed by atoms with E-state index in [1.54, 1.807) is 18.2 Å². The second kappa shape index (κ2) is 7.83. The van der Waals surface area contributed by atoms with E-state index >= 15 is 0 Å². The lowest BCUT2D eigenvalue weighted by Crippen LogP contribution is -2.34. The van der Waals surface area contributed by atoms with Crippen molar-refractivity contribution in [3.8, 4) is 0 Å². The third-order valence-electron chi connectivity index (χ3n) is 2.89. The average Bonchev–Trinajstić information content (AvgIpc) is 2.44. The molecular weight excluding hydrogens is 283 g/mol. The molecule has 3 nitrogen and oxygen atoms in total. The molecule has 6 heteroatoms. The number of carbonyl (C=O) groups is 1. The highest BCUT2D eigenvalue weighted by Crippen LogP contribution is 2.29. The molecule has 0 atom stereocenters. The molecule has 0 unspecified atom stereocenters. The van der Waals surface area contributed by atoms with Gasteiger partial charge < -0.3 is 10.0 Å². The maximum Gasteiger partial charge on any atom is 0.421 e. The predicted molar refractivity (Wildman–Crippen MR) is 74.4 cm³/mol. The Balaban J connectivity index is 2.93. The zero-order valence-corrected chi connectivity index (χ0v) is 11.7. The summed E-state index contributed by atoms with van der Waals surface area (Å²) in [6.45, 7) is 0.121. The second-order valence-electron chi connectivity index (χ2n) is 4.62. The zero-order chi connectivity index (χ0) is 15.9. The van der Waals surface area contributed by atoms with Gasteiger partial charge in [-0.15, -0.1) is 0 Å². The summed E-state index contributed by atoms with van der Waals surface area (Å²) < 4.78 is 39.1. The Kier molecular flexibility index (Phi) is 6.42. The third kappa shape index (κ3) is 5.59. The van der Waals surface area contributed by atoms with Crippen LogP contribution in [0.5, 0.6) is 0 Å². The quantitative estimate of drug-likeness (QED) is 0.648. The molecule has 0 aliphatic rings. The van der Waals surface area contributed by atoms with E-state index in [9.17, 15) is 18.0 Å². The molecule has 0 aliphatic heterocycles. The SMILES string of the molecule is CN(CCCCO)C(=O)/C(=C/c1ccccc1)C(F)(F)F. The normalized spacial score (nSPS) is 12.3. The molecule has 0 bridgehead atoms. The minimum absolute atomic E-state index is 0.0476. The van der Waals surface area contributed by atoms with E-state index in [-0.39, 0.29) is 13.2 Å². The summed E-state index contributed by atoms with van der Waals surface area (Å²) in [5, 5.41) is 8.66. The van der Waals surface area contributed by atoms with E-state index in [4.69, 9.17) is 5.11 Å². The summed E-state index contributed by atoms with van der Waals surface area (Å²) in [5.41, 5.74) is -0.873. The van der Waals surface area contributed by atoms with Gasteiger partial charge in [0.1, 0.15) is 5.57 Å². The minimum atomic E-state index is -4.71. The van der Waals surface area contributed by atoms with Crippen LogP contribution >= 0.6 is 0 Å². The van der Waals surface area contributed by atoms with Crippen LogP contribution in [0.25, 0.3) is 6.08 Å². The van der Waals surface area contributed by atoms with Crippen LogP contribution in [-0.4, -0.2) is 42.3 Å². The highest BCUT2D eigenvalue weighted by Gasteiger charge is 2.39. The number of aliphatic hydroxyl groups is 1. The molecule has 0 saturated carbocycles. The molecule has 0 fully saturated rings. The highest BCUT2D eigenvalue weighted by atomic mass is 19.4. The summed E-state index contributed by atoms with van der Waals surface area (Å²) in [6.07, 6.45) is -2.96. The number of halogens is 3. The molecule has 0 saturated heterocycles. The maximum atomic E-state index is 13.0. The molecular formula is C15H18F3NO2. The first kappa shape index (κ1) is 17.2. The number of hydrogen-bond acceptors (Lipinski definition) is 2. The van der Waals surface area contributed by atoms with Crippen molar-refractivity contribution in [3.63, 3.8) is 0 Å². The number of carbonyl (C=O) groups excluding carboxylic acids is 1. The van der Waals surface area contributed by atoms with Gasteiger partial charge in [-0.1, -0.05) is 30.3 Å². The van der Waals surface area contributed by atoms with Gasteiger partial charge in [-0.05, 0) is 24.5 Å². The van der Waals surface area contributed by atoms with Gasteiger partial charge in [0.05, 0.1) is 0 Å². The van der Waals surface area contributed by atoms with Crippen LogP contribution in [0.2, 0.25) is 0 Å². The lowest BCUT2D eigenvalue weighted by molar-refractivity contribution is -0.138. The van der Waals surface area contributed by atoms with Crippen LogP contribution in [0.1, 0.15) is 18.4 Å². The highest BCUT2D eigenvalue weighted by molar-refractivity contribution is 5.99. The Bertz CT molecular complexity index is 483. The van der Waals surface area contributed by atoms with Gasteiger partial charge in [-0.2, -0.15) is 13.2 Å². The van der Waals surface area contributed by atoms with Crippen molar-refractivity contribution in [2.75, 3.05) is 20.2 Å². The summed E-state index contributed by atoms with van der Waals surface area (Å²) in [7, 11) is 1.32. The molecule has 0 aromatic heterocycles. The Morgan fingerprint density at radius 1 is 1.24 bits per heavy atom. The third-order valence-corrected chi connectivity index (χ3v) is 2.89. The number of aliphatic hydroxyl groups excluding tert-OH is 1. The van der Waals surface area contributed by atoms with Gasteiger partial charge in [-0.25, -0.2) is 0 Å². The van der Waals surface area contributed by atoms with Crippen molar-refractivity contribution in [3.05, 3.63) is 41.5 Å². The van der Waals surface area contributed by atoms with Gasteiger partial charge in [0, 0.05) is 20.2 Å². The fourth-order valence-corrected chi connectivity index (χ4v) is 1.75. The fourth-order valence-electron chi connectivity index (χ4n) is 1.75. The molecule has 1 aromatic rings. The van der Waals surface area contributed by atoms with Crippen molar-refractivity contribution in [1.82, 2.24) is 4.90 Å². The van der Waals surface area contributed by atoms with Gasteiger partial charge in [0.25, 0.3) is 5.91 Å². The molecule has 0 aliphatic carbocycles. The lowest BCUT2D eigenvalue weighted by atomic mass is 10.1. The number of hydrogen-bond donors (Lipinski definition) is 1. The van der Waals surface area contributed by atoms with E-state index in [2.05, 4.69) is 0 Å². The first-order chi connectivity index (χ1) is 9.86. The van der Waals surface area contributed by atoms with Crippen molar-refractivity contribution in [1.29, 1.82) is 0 Å². The Labute approximate surface area is 121 Å². The standard InChI is InChI=1S/C15H18F3NO2/c1-19(9-5-6-10-20)14(21)13(15(16,17)18)11-12-7-3-2-4-8-12/h2-4,7-8,11,20H,5-6,9-10H2,1H3/b13-11-. The summed E-state index contributed by atoms with van der Waals surface area (Å²) in [5.74, 6) is -1.07. The maximum absolute atomic E-state index is 13.0. The van der Waals surface area contributed by atoms with Crippen molar-refractivity contribution >= 4 is 12.0 Å². The molecule has 1 amide bonds. The Morgan fingerprint density at radius 2 is 1.86 bits per heavy atom. The van der Waals surface area contributed by atoms with Crippen molar-refractivity contribution in [2.45, 2.75) is 19.0 Å². The van der Waals surface area contributed by atoms with Crippen LogP contribution in [0.15, 0.2) is 35.9 Å². The predicted octanol–water partition coefficient (Wildman–Crippen LogP) is 2.86. The minimum Gasteiger partial charge on any atom is -0.396 e. The van der Waals surface area contributed by atoms with Crippen molar-refractivity contribution < 1.29 is 23.1 Å². The second-order valence-corrected chi connectivity index (χ2v) is 4.62. The average molecular weight is 301 g/mol. The van der Waals surface area contributed by atoms with Crippen LogP contribution in [0, 0.1) is 0 Å². The van der Waals surface area contributed by atoms with Gasteiger partial charge in [-0.3, -0.25) is 4.79 Å². The molecule has 0 spiro atoms. The number of unbranched alkanes of at least 4 members (excludes halogenated alkanes) is 1.